The maximum absolute atomic E-state index is 14.4. The monoisotopic (exact) mass is 1280 g/mol. The highest BCUT2D eigenvalue weighted by Crippen LogP contribution is 2.45. The molecule has 450 valence electrons. The van der Waals surface area contributed by atoms with E-state index < -0.39 is 45.3 Å². The van der Waals surface area contributed by atoms with Crippen LogP contribution in [0.3, 0.4) is 0 Å². The summed E-state index contributed by atoms with van der Waals surface area (Å²) in [6.45, 7) is 8.16. The summed E-state index contributed by atoms with van der Waals surface area (Å²) in [6, 6.07) is 8.64. The van der Waals surface area contributed by atoms with E-state index >= 15 is 0 Å². The number of aryl methyl sites for hydroxylation is 1. The van der Waals surface area contributed by atoms with E-state index in [0.717, 1.165) is 94.8 Å². The van der Waals surface area contributed by atoms with Gasteiger partial charge < -0.3 is 40.2 Å². The zero-order valence-electron chi connectivity index (χ0n) is 48.5. The number of nitrogens with zero attached hydrogens (tertiary/aromatic N) is 5. The lowest BCUT2D eigenvalue weighted by Gasteiger charge is -2.32. The lowest BCUT2D eigenvalue weighted by atomic mass is 9.87. The number of piperidine rings is 2. The lowest BCUT2D eigenvalue weighted by molar-refractivity contribution is -0.140. The summed E-state index contributed by atoms with van der Waals surface area (Å²) in [7, 11) is -2.05. The maximum Gasteiger partial charge on any atom is 0.274 e. The van der Waals surface area contributed by atoms with Gasteiger partial charge >= 0.3 is 0 Å². The molecule has 2 aromatic heterocycles. The number of H-pyrrole nitrogens is 1. The molecule has 21 nitrogen and oxygen atoms in total. The van der Waals surface area contributed by atoms with Crippen LogP contribution in [0.5, 0.6) is 0 Å². The first-order valence-corrected chi connectivity index (χ1v) is 32.9. The average Bonchev–Trinajstić information content (AvgIpc) is 1.95. The largest absolute Gasteiger partial charge is 0.366 e. The van der Waals surface area contributed by atoms with Gasteiger partial charge in [0, 0.05) is 127 Å². The number of hydrogen-bond acceptors (Lipinski definition) is 13. The summed E-state index contributed by atoms with van der Waals surface area (Å²) in [6.07, 6.45) is 12.6. The summed E-state index contributed by atoms with van der Waals surface area (Å²) in [4.78, 5) is 130. The number of pyridine rings is 1. The molecule has 1 saturated carbocycles. The number of halogens is 1. The summed E-state index contributed by atoms with van der Waals surface area (Å²) in [5.41, 5.74) is 5.71. The Kier molecular flexibility index (Phi) is 18.2. The molecule has 0 bridgehead atoms. The molecular formula is C61H77IN10O11S. The topological polar surface area (TPSA) is 270 Å². The molecule has 84 heavy (non-hydrogen) atoms. The highest BCUT2D eigenvalue weighted by molar-refractivity contribution is 14.1. The molecule has 3 saturated heterocycles. The van der Waals surface area contributed by atoms with Crippen LogP contribution in [0.15, 0.2) is 41.3 Å². The number of hydrogen-bond donors (Lipinski definition) is 5. The van der Waals surface area contributed by atoms with E-state index in [1.807, 2.05) is 19.1 Å². The Bertz CT molecular complexity index is 3490. The normalized spacial score (nSPS) is 20.0. The molecule has 2 aromatic carbocycles. The number of sulfone groups is 1. The molecule has 5 N–H and O–H groups in total. The van der Waals surface area contributed by atoms with Crippen LogP contribution in [0.4, 0.5) is 5.69 Å². The van der Waals surface area contributed by atoms with Crippen LogP contribution in [0, 0.1) is 17.8 Å². The fourth-order valence-corrected chi connectivity index (χ4v) is 14.7. The molecule has 5 aliphatic heterocycles. The molecule has 0 spiro atoms. The number of anilines is 1. The summed E-state index contributed by atoms with van der Waals surface area (Å²) in [5.74, 6) is -2.83. The van der Waals surface area contributed by atoms with Crippen molar-refractivity contribution in [3.8, 4) is 11.1 Å². The van der Waals surface area contributed by atoms with Gasteiger partial charge in [0.25, 0.3) is 23.3 Å². The van der Waals surface area contributed by atoms with E-state index in [0.29, 0.717) is 83.2 Å². The smallest absolute Gasteiger partial charge is 0.274 e. The van der Waals surface area contributed by atoms with Gasteiger partial charge in [0.05, 0.1) is 11.7 Å². The minimum atomic E-state index is -3.66. The van der Waals surface area contributed by atoms with Crippen molar-refractivity contribution in [2.75, 3.05) is 63.5 Å². The van der Waals surface area contributed by atoms with Crippen LogP contribution < -0.4 is 31.7 Å². The van der Waals surface area contributed by atoms with Gasteiger partial charge in [-0.3, -0.25) is 53.4 Å². The molecule has 1 aliphatic carbocycles. The van der Waals surface area contributed by atoms with E-state index in [1.165, 1.54) is 9.47 Å². The van der Waals surface area contributed by atoms with Gasteiger partial charge in [0.15, 0.2) is 9.84 Å². The highest BCUT2D eigenvalue weighted by atomic mass is 127. The van der Waals surface area contributed by atoms with Crippen LogP contribution >= 0.6 is 22.6 Å². The molecule has 23 heteroatoms. The Balaban J connectivity index is 0.770. The number of aromatic nitrogens is 2. The van der Waals surface area contributed by atoms with Crippen LogP contribution in [-0.2, 0) is 66.1 Å². The lowest BCUT2D eigenvalue weighted by Crippen LogP contribution is -2.52. The molecule has 4 aromatic rings. The molecule has 8 amide bonds. The first-order chi connectivity index (χ1) is 40.1. The number of carbonyl (C=O) groups excluding carboxylic acids is 8. The molecule has 6 aliphatic rings. The highest BCUT2D eigenvalue weighted by Gasteiger charge is 2.47. The average molecular weight is 1290 g/mol. The third-order valence-electron chi connectivity index (χ3n) is 17.9. The summed E-state index contributed by atoms with van der Waals surface area (Å²) < 4.78 is 27.3. The first kappa shape index (κ1) is 60.6. The van der Waals surface area contributed by atoms with E-state index in [-0.39, 0.29) is 101 Å². The minimum absolute atomic E-state index is 0.0301. The van der Waals surface area contributed by atoms with Crippen molar-refractivity contribution in [3.05, 3.63) is 86.0 Å². The number of amides is 8. The van der Waals surface area contributed by atoms with Crippen LogP contribution in [-0.4, -0.2) is 148 Å². The Morgan fingerprint density at radius 2 is 1.57 bits per heavy atom. The van der Waals surface area contributed by atoms with Crippen molar-refractivity contribution in [1.29, 1.82) is 0 Å². The molecule has 4 fully saturated rings. The Labute approximate surface area is 503 Å². The number of rotatable bonds is 24. The fraction of sp³-hybridized carbons (Fsp3) is 0.557. The van der Waals surface area contributed by atoms with Crippen LogP contribution in [0.2, 0.25) is 0 Å². The third-order valence-corrected chi connectivity index (χ3v) is 20.0. The molecule has 3 unspecified atom stereocenters. The minimum Gasteiger partial charge on any atom is -0.366 e. The molecule has 0 radical (unpaired) electrons. The van der Waals surface area contributed by atoms with E-state index in [1.54, 1.807) is 30.3 Å². The van der Waals surface area contributed by atoms with Gasteiger partial charge in [0.1, 0.15) is 17.3 Å². The fourth-order valence-electron chi connectivity index (χ4n) is 13.0. The van der Waals surface area contributed by atoms with E-state index in [9.17, 15) is 51.6 Å². The number of carbonyl (C=O) groups is 8. The molecular weight excluding hydrogens is 1210 g/mol. The van der Waals surface area contributed by atoms with Crippen molar-refractivity contribution in [1.82, 2.24) is 45.5 Å². The second-order valence-corrected chi connectivity index (χ2v) is 28.9. The second-order valence-electron chi connectivity index (χ2n) is 24.3. The van der Waals surface area contributed by atoms with Gasteiger partial charge in [0.2, 0.25) is 29.5 Å². The Hall–Kier alpha value is -6.47. The van der Waals surface area contributed by atoms with Gasteiger partial charge in [-0.15, -0.1) is 0 Å². The van der Waals surface area contributed by atoms with Crippen molar-refractivity contribution < 1.29 is 46.8 Å². The Morgan fingerprint density at radius 3 is 2.30 bits per heavy atom. The summed E-state index contributed by atoms with van der Waals surface area (Å²) in [5, 5.41) is 11.7. The number of imide groups is 2. The predicted octanol–water partition coefficient (Wildman–Crippen LogP) is 5.03. The van der Waals surface area contributed by atoms with Crippen molar-refractivity contribution in [2.45, 2.75) is 132 Å². The molecule has 3 atom stereocenters. The number of likely N-dealkylation sites (tertiary alicyclic amines) is 2. The quantitative estimate of drug-likeness (QED) is 0.0267. The first-order valence-electron chi connectivity index (χ1n) is 29.8. The standard InChI is InChI=1S/C61H77IN10O11S/c1-5-6-7-19-61(2,62)46-30-51(75)71(59(46)80)26-18-49(73)63-21-22-65-57(78)53-45-33-70(31-37-12-13-37)48-29-41(39(35-84(4,82)83)28-42(48)44-32-68(3)60(81)54(67-53)52(44)45)55(76)64-20-9-23-69-24-16-36(17-25-69)27-38-10-8-11-40-43(38)34-72(58(40)79)47-14-15-50(74)66-56(47)77/h8,10-11,28-29,32,36-37,46-47,67H,5-7,9,12-27,30-31,33-35H2,1-4H3,(H,63,73)(H,64,76)(H,65,78)(H,66,74,77). The number of unbranched alkanes of at least 4 members (excludes halogenated alkanes) is 2. The van der Waals surface area contributed by atoms with Crippen molar-refractivity contribution >= 4 is 96.3 Å². The van der Waals surface area contributed by atoms with Crippen LogP contribution in [0.1, 0.15) is 151 Å². The van der Waals surface area contributed by atoms with Crippen molar-refractivity contribution in [3.63, 3.8) is 0 Å². The second kappa shape index (κ2) is 25.2. The zero-order chi connectivity index (χ0) is 59.8. The van der Waals surface area contributed by atoms with Crippen molar-refractivity contribution in [2.24, 2.45) is 24.8 Å². The van der Waals surface area contributed by atoms with Gasteiger partial charge in [-0.2, -0.15) is 0 Å². The van der Waals surface area contributed by atoms with Gasteiger partial charge in [-0.1, -0.05) is 60.9 Å². The Morgan fingerprint density at radius 1 is 0.821 bits per heavy atom. The molecule has 7 heterocycles. The number of aromatic amines is 1. The molecule has 10 rings (SSSR count). The number of alkyl halides is 1. The van der Waals surface area contributed by atoms with Crippen LogP contribution in [0.25, 0.3) is 22.0 Å². The third kappa shape index (κ3) is 13.3. The van der Waals surface area contributed by atoms with Gasteiger partial charge in [-0.05, 0) is 125 Å². The SMILES string of the molecule is CCCCCC(C)(I)C1CC(=O)N(CCC(=O)NCCNC(=O)c2[nH]c3c(=O)n(C)cc4c3c2CN(CC2CC2)c2cc(C(=O)NCCCN3CCC(Cc5cccc6c5CN(C5CCC(=O)NC5=O)C6=O)CC3)c(CS(C)(=O)=O)cc2-4)C1=O. The summed E-state index contributed by atoms with van der Waals surface area (Å²) >= 11 is 2.30. The van der Waals surface area contributed by atoms with Gasteiger partial charge in [-0.25, -0.2) is 8.42 Å². The number of fused-ring (bicyclic) bond motifs is 3. The number of benzene rings is 2. The number of nitrogens with one attached hydrogen (secondary N) is 5. The predicted molar refractivity (Wildman–Crippen MR) is 325 cm³/mol. The maximum atomic E-state index is 14.4. The van der Waals surface area contributed by atoms with E-state index in [4.69, 9.17) is 0 Å². The van der Waals surface area contributed by atoms with E-state index in [2.05, 4.69) is 71.6 Å². The zero-order valence-corrected chi connectivity index (χ0v) is 51.4.